The first-order valence-electron chi connectivity index (χ1n) is 8.84. The van der Waals surface area contributed by atoms with Crippen LogP contribution in [0.15, 0.2) is 29.8 Å². The average Bonchev–Trinajstić information content (AvgIpc) is 3.31. The second kappa shape index (κ2) is 8.95. The third-order valence-electron chi connectivity index (χ3n) is 4.36. The van der Waals surface area contributed by atoms with E-state index >= 15 is 0 Å². The molecule has 0 radical (unpaired) electrons. The van der Waals surface area contributed by atoms with Crippen LogP contribution in [0.5, 0.6) is 0 Å². The van der Waals surface area contributed by atoms with Gasteiger partial charge in [-0.3, -0.25) is 14.3 Å². The van der Waals surface area contributed by atoms with Crippen LogP contribution < -0.4 is 5.32 Å². The first-order valence-corrected chi connectivity index (χ1v) is 9.72. The number of thiophene rings is 1. The average molecular weight is 376 g/mol. The summed E-state index contributed by atoms with van der Waals surface area (Å²) in [4.78, 5) is 27.6. The van der Waals surface area contributed by atoms with Crippen LogP contribution >= 0.6 is 11.3 Å². The summed E-state index contributed by atoms with van der Waals surface area (Å²) >= 11 is 1.69. The minimum Gasteiger partial charge on any atom is -0.372 e. The lowest BCUT2D eigenvalue weighted by atomic mass is 10.1. The van der Waals surface area contributed by atoms with Gasteiger partial charge in [0.15, 0.2) is 0 Å². The number of carbonyl (C=O) groups excluding carboxylic acids is 2. The highest BCUT2D eigenvalue weighted by molar-refractivity contribution is 7.09. The molecule has 7 nitrogen and oxygen atoms in total. The van der Waals surface area contributed by atoms with Gasteiger partial charge in [-0.2, -0.15) is 5.10 Å². The summed E-state index contributed by atoms with van der Waals surface area (Å²) in [6.45, 7) is 4.03. The highest BCUT2D eigenvalue weighted by Gasteiger charge is 2.29. The molecule has 0 aromatic carbocycles. The van der Waals surface area contributed by atoms with Gasteiger partial charge in [-0.05, 0) is 30.9 Å². The molecule has 140 valence electrons. The molecule has 2 aromatic heterocycles. The van der Waals surface area contributed by atoms with Gasteiger partial charge in [-0.25, -0.2) is 0 Å². The maximum Gasteiger partial charge on any atom is 0.248 e. The topological polar surface area (TPSA) is 76.5 Å². The van der Waals surface area contributed by atoms with E-state index in [1.807, 2.05) is 29.1 Å². The monoisotopic (exact) mass is 376 g/mol. The van der Waals surface area contributed by atoms with Crippen LogP contribution in [0.3, 0.4) is 0 Å². The van der Waals surface area contributed by atoms with E-state index in [0.717, 1.165) is 12.1 Å². The normalized spacial score (nSPS) is 16.3. The van der Waals surface area contributed by atoms with Gasteiger partial charge in [0.2, 0.25) is 11.8 Å². The molecule has 0 spiro atoms. The molecule has 8 heteroatoms. The van der Waals surface area contributed by atoms with Crippen molar-refractivity contribution in [1.82, 2.24) is 20.0 Å². The minimum absolute atomic E-state index is 0.0212. The zero-order valence-corrected chi connectivity index (χ0v) is 15.7. The van der Waals surface area contributed by atoms with Crippen molar-refractivity contribution < 1.29 is 14.3 Å². The summed E-state index contributed by atoms with van der Waals surface area (Å²) in [6.07, 6.45) is 2.85. The van der Waals surface area contributed by atoms with Crippen molar-refractivity contribution in [2.45, 2.75) is 32.4 Å². The van der Waals surface area contributed by atoms with Crippen LogP contribution in [0.1, 0.15) is 30.0 Å². The largest absolute Gasteiger partial charge is 0.372 e. The van der Waals surface area contributed by atoms with Crippen molar-refractivity contribution in [2.24, 2.45) is 0 Å². The van der Waals surface area contributed by atoms with Crippen LogP contribution in [0.4, 0.5) is 0 Å². The molecule has 1 aliphatic heterocycles. The van der Waals surface area contributed by atoms with E-state index in [1.165, 1.54) is 4.88 Å². The fraction of sp³-hybridized carbons (Fsp3) is 0.500. The van der Waals surface area contributed by atoms with Gasteiger partial charge in [0, 0.05) is 30.8 Å². The standard InChI is InChI=1S/C18H24N4O3S/c1-2-25-13-18(24)21-11-14-5-8-20-22(14)15(12-21)10-17(23)19-7-6-16-4-3-9-26-16/h3-5,8-9,15H,2,6-7,10-13H2,1H3,(H,19,23)/t15-/m0/s1. The van der Waals surface area contributed by atoms with Crippen molar-refractivity contribution in [2.75, 3.05) is 26.3 Å². The van der Waals surface area contributed by atoms with Crippen molar-refractivity contribution in [3.8, 4) is 0 Å². The number of ether oxygens (including phenoxy) is 1. The number of hydrogen-bond acceptors (Lipinski definition) is 5. The number of nitrogens with zero attached hydrogens (tertiary/aromatic N) is 3. The molecular weight excluding hydrogens is 352 g/mol. The SMILES string of the molecule is CCOCC(=O)N1Cc2ccnn2[C@@H](CC(=O)NCCc2cccs2)C1. The summed E-state index contributed by atoms with van der Waals surface area (Å²) in [5, 5.41) is 9.34. The number of carbonyl (C=O) groups is 2. The Balaban J connectivity index is 1.55. The van der Waals surface area contributed by atoms with Crippen LogP contribution in [-0.4, -0.2) is 52.8 Å². The van der Waals surface area contributed by atoms with Crippen LogP contribution in [0, 0.1) is 0 Å². The molecule has 26 heavy (non-hydrogen) atoms. The van der Waals surface area contributed by atoms with E-state index in [-0.39, 0.29) is 24.5 Å². The number of rotatable bonds is 8. The Kier molecular flexibility index (Phi) is 6.40. The van der Waals surface area contributed by atoms with Gasteiger partial charge < -0.3 is 15.0 Å². The Morgan fingerprint density at radius 3 is 3.08 bits per heavy atom. The Morgan fingerprint density at radius 2 is 2.31 bits per heavy atom. The first-order chi connectivity index (χ1) is 12.7. The number of fused-ring (bicyclic) bond motifs is 1. The Morgan fingerprint density at radius 1 is 1.42 bits per heavy atom. The van der Waals surface area contributed by atoms with Gasteiger partial charge in [0.1, 0.15) is 6.61 Å². The molecule has 0 fully saturated rings. The lowest BCUT2D eigenvalue weighted by molar-refractivity contribution is -0.138. The number of hydrogen-bond donors (Lipinski definition) is 1. The lowest BCUT2D eigenvalue weighted by Gasteiger charge is -2.33. The summed E-state index contributed by atoms with van der Waals surface area (Å²) < 4.78 is 7.10. The van der Waals surface area contributed by atoms with E-state index in [0.29, 0.717) is 32.7 Å². The van der Waals surface area contributed by atoms with Crippen molar-refractivity contribution >= 4 is 23.2 Å². The molecule has 0 aliphatic carbocycles. The highest BCUT2D eigenvalue weighted by Crippen LogP contribution is 2.23. The first kappa shape index (κ1) is 18.6. The molecule has 3 heterocycles. The Bertz CT molecular complexity index is 729. The molecule has 1 aliphatic rings. The summed E-state index contributed by atoms with van der Waals surface area (Å²) in [5.74, 6) is -0.0745. The quantitative estimate of drug-likeness (QED) is 0.759. The minimum atomic E-state index is -0.152. The molecule has 0 bridgehead atoms. The molecule has 0 saturated carbocycles. The maximum absolute atomic E-state index is 12.3. The van der Waals surface area contributed by atoms with Crippen LogP contribution in [-0.2, 0) is 27.3 Å². The predicted molar refractivity (Wildman–Crippen MR) is 98.8 cm³/mol. The third-order valence-corrected chi connectivity index (χ3v) is 5.30. The molecule has 0 unspecified atom stereocenters. The summed E-state index contributed by atoms with van der Waals surface area (Å²) in [5.41, 5.74) is 0.942. The van der Waals surface area contributed by atoms with E-state index in [4.69, 9.17) is 4.74 Å². The fourth-order valence-electron chi connectivity index (χ4n) is 3.08. The summed E-state index contributed by atoms with van der Waals surface area (Å²) in [6, 6.07) is 5.82. The smallest absolute Gasteiger partial charge is 0.248 e. The van der Waals surface area contributed by atoms with Crippen LogP contribution in [0.2, 0.25) is 0 Å². The molecule has 1 atom stereocenters. The Hall–Kier alpha value is -2.19. The number of nitrogens with one attached hydrogen (secondary N) is 1. The van der Waals surface area contributed by atoms with E-state index in [1.54, 1.807) is 22.4 Å². The second-order valence-corrected chi connectivity index (χ2v) is 7.25. The maximum atomic E-state index is 12.3. The van der Waals surface area contributed by atoms with Crippen molar-refractivity contribution in [3.05, 3.63) is 40.3 Å². The second-order valence-electron chi connectivity index (χ2n) is 6.22. The molecule has 1 N–H and O–H groups in total. The van der Waals surface area contributed by atoms with E-state index in [2.05, 4.69) is 16.5 Å². The molecule has 3 rings (SSSR count). The zero-order valence-electron chi connectivity index (χ0n) is 14.9. The third kappa shape index (κ3) is 4.70. The number of amides is 2. The molecule has 2 amide bonds. The number of aromatic nitrogens is 2. The Labute approximate surface area is 156 Å². The van der Waals surface area contributed by atoms with Gasteiger partial charge in [-0.1, -0.05) is 6.07 Å². The predicted octanol–water partition coefficient (Wildman–Crippen LogP) is 1.61. The van der Waals surface area contributed by atoms with Gasteiger partial charge in [0.25, 0.3) is 0 Å². The van der Waals surface area contributed by atoms with E-state index in [9.17, 15) is 9.59 Å². The van der Waals surface area contributed by atoms with Gasteiger partial charge in [-0.15, -0.1) is 11.3 Å². The van der Waals surface area contributed by atoms with Crippen molar-refractivity contribution in [3.63, 3.8) is 0 Å². The van der Waals surface area contributed by atoms with Crippen LogP contribution in [0.25, 0.3) is 0 Å². The van der Waals surface area contributed by atoms with Gasteiger partial charge in [0.05, 0.1) is 24.7 Å². The van der Waals surface area contributed by atoms with E-state index < -0.39 is 0 Å². The summed E-state index contributed by atoms with van der Waals surface area (Å²) in [7, 11) is 0. The highest BCUT2D eigenvalue weighted by atomic mass is 32.1. The lowest BCUT2D eigenvalue weighted by Crippen LogP contribution is -2.44. The molecule has 2 aromatic rings. The molecule has 0 saturated heterocycles. The molecular formula is C18H24N4O3S. The zero-order chi connectivity index (χ0) is 18.4. The fourth-order valence-corrected chi connectivity index (χ4v) is 3.78. The van der Waals surface area contributed by atoms with Gasteiger partial charge >= 0.3 is 0 Å². The van der Waals surface area contributed by atoms with Crippen molar-refractivity contribution in [1.29, 1.82) is 0 Å².